The zero-order chi connectivity index (χ0) is 28.1. The predicted molar refractivity (Wildman–Crippen MR) is 158 cm³/mol. The van der Waals surface area contributed by atoms with Crippen molar-refractivity contribution in [2.24, 2.45) is 0 Å². The molecule has 0 unspecified atom stereocenters. The minimum absolute atomic E-state index is 0.0290. The van der Waals surface area contributed by atoms with Crippen molar-refractivity contribution >= 4 is 11.6 Å². The van der Waals surface area contributed by atoms with Gasteiger partial charge in [-0.2, -0.15) is 0 Å². The van der Waals surface area contributed by atoms with E-state index in [0.29, 0.717) is 33.8 Å². The zero-order valence-electron chi connectivity index (χ0n) is 22.4. The van der Waals surface area contributed by atoms with Crippen molar-refractivity contribution < 1.29 is 36.4 Å². The molecule has 0 heterocycles. The molecule has 5 heteroatoms. The standard InChI is InChI=1S/2C13H10O2.2C5H5.Zr/c2*14-12-8-6-11(7-9-12)13(15)10-4-2-1-3-5-10;2*1-2-4-5-3-1;/h2*1-9,14H;2*1-3H,4H2;/q;;;;+2/p-2. The monoisotopic (exact) mass is 614 g/mol. The van der Waals surface area contributed by atoms with Crippen LogP contribution in [0.25, 0.3) is 0 Å². The van der Waals surface area contributed by atoms with Gasteiger partial charge < -0.3 is 0 Å². The van der Waals surface area contributed by atoms with Crippen LogP contribution in [0.2, 0.25) is 0 Å². The van der Waals surface area contributed by atoms with Gasteiger partial charge in [0.05, 0.1) is 0 Å². The maximum absolute atomic E-state index is 13.0. The Morgan fingerprint density at radius 2 is 0.854 bits per heavy atom. The molecular weight excluding hydrogens is 588 g/mol. The molecule has 4 nitrogen and oxygen atoms in total. The van der Waals surface area contributed by atoms with Gasteiger partial charge >= 0.3 is 247 Å². The molecule has 4 aromatic carbocycles. The summed E-state index contributed by atoms with van der Waals surface area (Å²) in [7, 11) is 0. The number of carbonyl (C=O) groups is 2. The quantitative estimate of drug-likeness (QED) is 0.169. The summed E-state index contributed by atoms with van der Waals surface area (Å²) in [5.41, 5.74) is 2.51. The second-order valence-corrected chi connectivity index (χ2v) is 17.1. The van der Waals surface area contributed by atoms with Crippen LogP contribution in [0.5, 0.6) is 11.5 Å². The molecule has 2 aliphatic rings. The Morgan fingerprint density at radius 1 is 0.488 bits per heavy atom. The fourth-order valence-corrected chi connectivity index (χ4v) is 13.2. The topological polar surface area (TPSA) is 52.6 Å². The van der Waals surface area contributed by atoms with E-state index in [2.05, 4.69) is 36.5 Å². The van der Waals surface area contributed by atoms with Crippen molar-refractivity contribution in [1.82, 2.24) is 0 Å². The third-order valence-corrected chi connectivity index (χ3v) is 15.8. The van der Waals surface area contributed by atoms with Crippen LogP contribution in [0.1, 0.15) is 44.7 Å². The fourth-order valence-electron chi connectivity index (χ4n) is 5.06. The third-order valence-electron chi connectivity index (χ3n) is 7.22. The molecule has 0 amide bonds. The molecule has 0 fully saturated rings. The zero-order valence-corrected chi connectivity index (χ0v) is 24.9. The number of hydrogen-bond acceptors (Lipinski definition) is 4. The van der Waals surface area contributed by atoms with E-state index in [1.54, 1.807) is 0 Å². The van der Waals surface area contributed by atoms with E-state index in [9.17, 15) is 9.59 Å². The first-order valence-corrected chi connectivity index (χ1v) is 18.1. The van der Waals surface area contributed by atoms with E-state index in [-0.39, 0.29) is 11.6 Å². The van der Waals surface area contributed by atoms with Crippen molar-refractivity contribution in [1.29, 1.82) is 0 Å². The molecule has 200 valence electrons. The van der Waals surface area contributed by atoms with Crippen LogP contribution < -0.4 is 5.63 Å². The average molecular weight is 616 g/mol. The SMILES string of the molecule is O=C(c1ccccc1)c1ccc([O][Zr]([O]c2ccc(C(=O)c3ccccc3)cc2)([C]2=CC=CC2)[C]2=CC=CC2)cc1. The molecule has 0 aromatic heterocycles. The van der Waals surface area contributed by atoms with Crippen LogP contribution in [-0.2, 0) is 21.1 Å². The van der Waals surface area contributed by atoms with Gasteiger partial charge in [-0.3, -0.25) is 0 Å². The van der Waals surface area contributed by atoms with E-state index >= 15 is 0 Å². The van der Waals surface area contributed by atoms with Crippen molar-refractivity contribution in [3.05, 3.63) is 174 Å². The first kappa shape index (κ1) is 26.9. The van der Waals surface area contributed by atoms with Gasteiger partial charge in [-0.15, -0.1) is 0 Å². The van der Waals surface area contributed by atoms with E-state index in [1.165, 1.54) is 6.56 Å². The van der Waals surface area contributed by atoms with Gasteiger partial charge in [0.25, 0.3) is 0 Å². The molecule has 0 saturated heterocycles. The normalized spacial score (nSPS) is 14.0. The van der Waals surface area contributed by atoms with Crippen LogP contribution in [0.4, 0.5) is 0 Å². The molecule has 0 radical (unpaired) electrons. The van der Waals surface area contributed by atoms with E-state index in [0.717, 1.165) is 12.8 Å². The Bertz CT molecular complexity index is 1550. The van der Waals surface area contributed by atoms with Crippen molar-refractivity contribution in [3.63, 3.8) is 0 Å². The fraction of sp³-hybridized carbons (Fsp3) is 0.0556. The molecule has 0 N–H and O–H groups in total. The second-order valence-electron chi connectivity index (χ2n) is 9.91. The Hall–Kier alpha value is -4.34. The van der Waals surface area contributed by atoms with Crippen LogP contribution >= 0.6 is 0 Å². The predicted octanol–water partition coefficient (Wildman–Crippen LogP) is 8.28. The third kappa shape index (κ3) is 5.77. The molecule has 2 aliphatic carbocycles. The van der Waals surface area contributed by atoms with Gasteiger partial charge in [0.15, 0.2) is 0 Å². The Balaban J connectivity index is 1.31. The molecule has 41 heavy (non-hydrogen) atoms. The summed E-state index contributed by atoms with van der Waals surface area (Å²) in [5.74, 6) is 1.28. The summed E-state index contributed by atoms with van der Waals surface area (Å²) in [5, 5.41) is 0. The number of ketones is 2. The van der Waals surface area contributed by atoms with Crippen molar-refractivity contribution in [2.45, 2.75) is 12.8 Å². The van der Waals surface area contributed by atoms with Gasteiger partial charge in [0.2, 0.25) is 0 Å². The number of carbonyl (C=O) groups excluding carboxylic acids is 2. The maximum atomic E-state index is 13.0. The van der Waals surface area contributed by atoms with Gasteiger partial charge in [-0.1, -0.05) is 0 Å². The van der Waals surface area contributed by atoms with Gasteiger partial charge in [-0.05, 0) is 0 Å². The number of allylic oxidation sites excluding steroid dienone is 8. The molecule has 6 rings (SSSR count). The number of rotatable bonds is 10. The summed E-state index contributed by atoms with van der Waals surface area (Å²) in [4.78, 5) is 25.9. The van der Waals surface area contributed by atoms with Crippen LogP contribution in [0.15, 0.2) is 152 Å². The Morgan fingerprint density at radius 3 is 1.20 bits per heavy atom. The van der Waals surface area contributed by atoms with Crippen molar-refractivity contribution in [2.75, 3.05) is 0 Å². The molecular formula is C36H28O4Zr. The van der Waals surface area contributed by atoms with Gasteiger partial charge in [-0.25, -0.2) is 0 Å². The van der Waals surface area contributed by atoms with Crippen molar-refractivity contribution in [3.8, 4) is 11.5 Å². The number of benzene rings is 4. The van der Waals surface area contributed by atoms with Crippen LogP contribution in [0, 0.1) is 0 Å². The number of hydrogen-bond donors (Lipinski definition) is 0. The van der Waals surface area contributed by atoms with Gasteiger partial charge in [0, 0.05) is 0 Å². The van der Waals surface area contributed by atoms with E-state index in [1.807, 2.05) is 109 Å². The Labute approximate surface area is 245 Å². The molecule has 0 bridgehead atoms. The molecule has 0 saturated carbocycles. The van der Waals surface area contributed by atoms with Crippen LogP contribution in [-0.4, -0.2) is 11.6 Å². The Kier molecular flexibility index (Phi) is 7.89. The first-order chi connectivity index (χ1) is 20.1. The summed E-state index contributed by atoms with van der Waals surface area (Å²) in [6, 6.07) is 33.2. The molecule has 4 aromatic rings. The van der Waals surface area contributed by atoms with Gasteiger partial charge in [0.1, 0.15) is 0 Å². The van der Waals surface area contributed by atoms with Crippen LogP contribution in [0.3, 0.4) is 0 Å². The second kappa shape index (κ2) is 12.0. The van der Waals surface area contributed by atoms with E-state index < -0.39 is 21.1 Å². The summed E-state index contributed by atoms with van der Waals surface area (Å²) < 4.78 is 16.2. The van der Waals surface area contributed by atoms with E-state index in [4.69, 9.17) is 5.63 Å². The molecule has 0 spiro atoms. The summed E-state index contributed by atoms with van der Waals surface area (Å²) in [6.45, 7) is 0. The summed E-state index contributed by atoms with van der Waals surface area (Å²) >= 11 is -4.22. The molecule has 0 atom stereocenters. The average Bonchev–Trinajstić information content (AvgIpc) is 3.78. The molecule has 0 aliphatic heterocycles. The first-order valence-electron chi connectivity index (χ1n) is 13.6. The summed E-state index contributed by atoms with van der Waals surface area (Å²) in [6.07, 6.45) is 14.1. The minimum atomic E-state index is -4.22.